The normalized spacial score (nSPS) is 18.1. The summed E-state index contributed by atoms with van der Waals surface area (Å²) in [6.45, 7) is 7.15. The highest BCUT2D eigenvalue weighted by Gasteiger charge is 2.42. The van der Waals surface area contributed by atoms with Crippen molar-refractivity contribution < 1.29 is 4.79 Å². The zero-order valence-corrected chi connectivity index (χ0v) is 19.5. The third kappa shape index (κ3) is 3.38. The van der Waals surface area contributed by atoms with Crippen molar-refractivity contribution in [1.82, 2.24) is 4.98 Å². The predicted octanol–water partition coefficient (Wildman–Crippen LogP) is 6.47. The number of anilines is 2. The highest BCUT2D eigenvalue weighted by atomic mass is 35.5. The van der Waals surface area contributed by atoms with Crippen LogP contribution in [-0.2, 0) is 11.0 Å². The number of halogens is 1. The van der Waals surface area contributed by atoms with Crippen molar-refractivity contribution >= 4 is 28.9 Å². The molecule has 1 aliphatic carbocycles. The zero-order valence-electron chi connectivity index (χ0n) is 18.8. The van der Waals surface area contributed by atoms with E-state index in [0.717, 1.165) is 34.8 Å². The number of rotatable bonds is 4. The maximum Gasteiger partial charge on any atom is 0.258 e. The average Bonchev–Trinajstić information content (AvgIpc) is 3.03. The minimum Gasteiger partial charge on any atom is -0.375 e. The van der Waals surface area contributed by atoms with E-state index in [2.05, 4.69) is 55.3 Å². The second-order valence-electron chi connectivity index (χ2n) is 9.72. The lowest BCUT2D eigenvalue weighted by Crippen LogP contribution is -2.42. The fourth-order valence-corrected chi connectivity index (χ4v) is 5.37. The minimum absolute atomic E-state index is 0.0143. The molecule has 0 radical (unpaired) electrons. The highest BCUT2D eigenvalue weighted by molar-refractivity contribution is 6.31. The molecule has 164 valence electrons. The molecule has 32 heavy (non-hydrogen) atoms. The van der Waals surface area contributed by atoms with E-state index < -0.39 is 0 Å². The summed E-state index contributed by atoms with van der Waals surface area (Å²) >= 11 is 6.45. The van der Waals surface area contributed by atoms with Gasteiger partial charge in [0, 0.05) is 46.3 Å². The fraction of sp³-hybridized carbons (Fsp3) is 0.333. The lowest BCUT2D eigenvalue weighted by Gasteiger charge is -2.45. The van der Waals surface area contributed by atoms with Crippen LogP contribution in [0.4, 0.5) is 11.4 Å². The number of pyridine rings is 1. The number of nitrogens with zero attached hydrogens (tertiary/aromatic N) is 2. The molecule has 2 aliphatic rings. The molecule has 1 amide bonds. The Balaban J connectivity index is 1.51. The molecule has 0 unspecified atom stereocenters. The molecule has 0 spiro atoms. The molecule has 0 bridgehead atoms. The van der Waals surface area contributed by atoms with E-state index >= 15 is 0 Å². The summed E-state index contributed by atoms with van der Waals surface area (Å²) < 4.78 is 0. The van der Waals surface area contributed by atoms with Crippen LogP contribution in [0, 0.1) is 6.92 Å². The molecule has 1 N–H and O–H groups in total. The van der Waals surface area contributed by atoms with Crippen LogP contribution in [0.3, 0.4) is 0 Å². The molecule has 5 rings (SSSR count). The summed E-state index contributed by atoms with van der Waals surface area (Å²) in [5.74, 6) is 0.0143. The average molecular weight is 446 g/mol. The van der Waals surface area contributed by atoms with Crippen molar-refractivity contribution in [3.8, 4) is 0 Å². The lowest BCUT2D eigenvalue weighted by atomic mass is 9.70. The molecule has 2 heterocycles. The van der Waals surface area contributed by atoms with E-state index in [1.54, 1.807) is 24.5 Å². The van der Waals surface area contributed by atoms with Crippen LogP contribution in [0.5, 0.6) is 0 Å². The summed E-state index contributed by atoms with van der Waals surface area (Å²) in [5, 5.41) is 4.63. The van der Waals surface area contributed by atoms with Crippen molar-refractivity contribution in [2.75, 3.05) is 16.8 Å². The quantitative estimate of drug-likeness (QED) is 0.500. The number of carbonyl (C=O) groups is 1. The van der Waals surface area contributed by atoms with Crippen molar-refractivity contribution in [3.05, 3.63) is 88.2 Å². The second-order valence-corrected chi connectivity index (χ2v) is 10.1. The Morgan fingerprint density at radius 1 is 1.06 bits per heavy atom. The van der Waals surface area contributed by atoms with Gasteiger partial charge in [-0.05, 0) is 73.2 Å². The summed E-state index contributed by atoms with van der Waals surface area (Å²) in [4.78, 5) is 19.3. The fourth-order valence-electron chi connectivity index (χ4n) is 5.20. The first-order valence-corrected chi connectivity index (χ1v) is 11.6. The van der Waals surface area contributed by atoms with Gasteiger partial charge in [0.15, 0.2) is 0 Å². The predicted molar refractivity (Wildman–Crippen MR) is 131 cm³/mol. The number of amides is 1. The van der Waals surface area contributed by atoms with Crippen LogP contribution in [0.25, 0.3) is 0 Å². The van der Waals surface area contributed by atoms with Gasteiger partial charge >= 0.3 is 0 Å². The molecule has 0 atom stereocenters. The van der Waals surface area contributed by atoms with Crippen molar-refractivity contribution in [2.24, 2.45) is 0 Å². The first-order chi connectivity index (χ1) is 15.3. The Labute approximate surface area is 194 Å². The van der Waals surface area contributed by atoms with E-state index in [0.29, 0.717) is 12.1 Å². The maximum atomic E-state index is 13.3. The van der Waals surface area contributed by atoms with Crippen LogP contribution in [0.15, 0.2) is 60.9 Å². The molecule has 5 heteroatoms. The SMILES string of the molecule is Cc1c(Cl)cccc1C1(Nc2ccc3c(c2)N(C(=O)c2ccncc2)CC3(C)C)CCC1. The Hall–Kier alpha value is -2.85. The highest BCUT2D eigenvalue weighted by Crippen LogP contribution is 2.48. The van der Waals surface area contributed by atoms with Gasteiger partial charge in [-0.25, -0.2) is 0 Å². The largest absolute Gasteiger partial charge is 0.375 e. The Bertz CT molecular complexity index is 1180. The van der Waals surface area contributed by atoms with Crippen molar-refractivity contribution in [3.63, 3.8) is 0 Å². The molecular formula is C27H28ClN3O. The van der Waals surface area contributed by atoms with Crippen LogP contribution in [-0.4, -0.2) is 17.4 Å². The van der Waals surface area contributed by atoms with Crippen molar-refractivity contribution in [1.29, 1.82) is 0 Å². The molecule has 2 aromatic carbocycles. The second kappa shape index (κ2) is 7.63. The number of hydrogen-bond donors (Lipinski definition) is 1. The third-order valence-corrected chi connectivity index (χ3v) is 7.53. The number of hydrogen-bond acceptors (Lipinski definition) is 3. The first kappa shape index (κ1) is 21.0. The molecule has 1 saturated carbocycles. The van der Waals surface area contributed by atoms with Gasteiger partial charge in [0.05, 0.1) is 5.54 Å². The van der Waals surface area contributed by atoms with Gasteiger partial charge < -0.3 is 10.2 Å². The molecule has 1 aromatic heterocycles. The Kier molecular flexibility index (Phi) is 5.01. The number of aromatic nitrogens is 1. The Morgan fingerprint density at radius 3 is 2.50 bits per heavy atom. The zero-order chi connectivity index (χ0) is 22.5. The van der Waals surface area contributed by atoms with E-state index in [-0.39, 0.29) is 16.9 Å². The summed E-state index contributed by atoms with van der Waals surface area (Å²) in [5.41, 5.74) is 6.07. The topological polar surface area (TPSA) is 45.2 Å². The van der Waals surface area contributed by atoms with Gasteiger partial charge in [-0.3, -0.25) is 9.78 Å². The van der Waals surface area contributed by atoms with Gasteiger partial charge in [-0.2, -0.15) is 0 Å². The van der Waals surface area contributed by atoms with E-state index in [4.69, 9.17) is 11.6 Å². The van der Waals surface area contributed by atoms with Gasteiger partial charge in [-0.1, -0.05) is 43.6 Å². The van der Waals surface area contributed by atoms with Gasteiger partial charge in [0.25, 0.3) is 5.91 Å². The maximum absolute atomic E-state index is 13.3. The molecule has 3 aromatic rings. The van der Waals surface area contributed by atoms with Crippen molar-refractivity contribution in [2.45, 2.75) is 51.0 Å². The number of benzene rings is 2. The molecular weight excluding hydrogens is 418 g/mol. The van der Waals surface area contributed by atoms with E-state index in [9.17, 15) is 4.79 Å². The van der Waals surface area contributed by atoms with Crippen LogP contribution in [0.2, 0.25) is 5.02 Å². The lowest BCUT2D eigenvalue weighted by molar-refractivity contribution is 0.0986. The van der Waals surface area contributed by atoms with E-state index in [1.807, 2.05) is 17.0 Å². The van der Waals surface area contributed by atoms with Gasteiger partial charge in [0.1, 0.15) is 0 Å². The van der Waals surface area contributed by atoms with Gasteiger partial charge in [-0.15, -0.1) is 0 Å². The minimum atomic E-state index is -0.114. The number of nitrogens with one attached hydrogen (secondary N) is 1. The first-order valence-electron chi connectivity index (χ1n) is 11.2. The summed E-state index contributed by atoms with van der Waals surface area (Å²) in [6, 6.07) is 16.2. The number of carbonyl (C=O) groups excluding carboxylic acids is 1. The van der Waals surface area contributed by atoms with Crippen LogP contribution >= 0.6 is 11.6 Å². The molecule has 1 aliphatic heterocycles. The van der Waals surface area contributed by atoms with Crippen LogP contribution < -0.4 is 10.2 Å². The molecule has 0 saturated heterocycles. The van der Waals surface area contributed by atoms with Gasteiger partial charge in [0.2, 0.25) is 0 Å². The van der Waals surface area contributed by atoms with E-state index in [1.165, 1.54) is 17.5 Å². The Morgan fingerprint density at radius 2 is 1.81 bits per heavy atom. The molecule has 4 nitrogen and oxygen atoms in total. The van der Waals surface area contributed by atoms with Crippen LogP contribution in [0.1, 0.15) is 60.2 Å². The third-order valence-electron chi connectivity index (χ3n) is 7.12. The number of fused-ring (bicyclic) bond motifs is 1. The molecule has 1 fully saturated rings. The monoisotopic (exact) mass is 445 g/mol. The smallest absolute Gasteiger partial charge is 0.258 e. The summed E-state index contributed by atoms with van der Waals surface area (Å²) in [6.07, 6.45) is 6.65. The summed E-state index contributed by atoms with van der Waals surface area (Å²) in [7, 11) is 0. The standard InChI is InChI=1S/C27H28ClN3O/c1-18-21(6-4-7-23(18)28)27(12-5-13-27)30-20-8-9-22-24(16-20)31(17-26(22,2)3)25(32)19-10-14-29-15-11-19/h4,6-11,14-16,30H,5,12-13,17H2,1-3H3.